The zero-order valence-electron chi connectivity index (χ0n) is 16.0. The minimum atomic E-state index is -2.97. The van der Waals surface area contributed by atoms with Gasteiger partial charge in [0.2, 0.25) is 0 Å². The zero-order valence-corrected chi connectivity index (χ0v) is 16.0. The first kappa shape index (κ1) is 20.2. The third-order valence-corrected chi connectivity index (χ3v) is 4.73. The molecule has 1 aliphatic rings. The number of ether oxygens (including phenoxy) is 1. The highest BCUT2D eigenvalue weighted by Gasteiger charge is 2.34. The molecule has 3 aromatic carbocycles. The van der Waals surface area contributed by atoms with Gasteiger partial charge in [-0.3, -0.25) is 19.3 Å². The Morgan fingerprint density at radius 1 is 0.903 bits per heavy atom. The van der Waals surface area contributed by atoms with E-state index in [0.717, 1.165) is 4.90 Å². The second-order valence-electron chi connectivity index (χ2n) is 6.80. The number of amides is 3. The number of imide groups is 1. The Bertz CT molecular complexity index is 1140. The summed E-state index contributed by atoms with van der Waals surface area (Å²) >= 11 is 0. The molecule has 0 unspecified atom stereocenters. The van der Waals surface area contributed by atoms with Gasteiger partial charge in [0.1, 0.15) is 5.75 Å². The molecule has 156 valence electrons. The summed E-state index contributed by atoms with van der Waals surface area (Å²) in [5.41, 5.74) is 1.87. The van der Waals surface area contributed by atoms with Crippen LogP contribution in [0.3, 0.4) is 0 Å². The maximum Gasteiger partial charge on any atom is 0.387 e. The molecular formula is C23H16F2N2O4. The van der Waals surface area contributed by atoms with E-state index in [9.17, 15) is 23.2 Å². The number of nitrogens with zero attached hydrogens (tertiary/aromatic N) is 1. The van der Waals surface area contributed by atoms with Crippen molar-refractivity contribution in [2.45, 2.75) is 13.2 Å². The minimum Gasteiger partial charge on any atom is -0.435 e. The molecule has 0 saturated carbocycles. The first-order valence-corrected chi connectivity index (χ1v) is 9.33. The van der Waals surface area contributed by atoms with Crippen molar-refractivity contribution in [2.24, 2.45) is 0 Å². The van der Waals surface area contributed by atoms with Crippen LogP contribution in [-0.4, -0.2) is 29.2 Å². The predicted octanol–water partition coefficient (Wildman–Crippen LogP) is 4.34. The fraction of sp³-hybridized carbons (Fsp3) is 0.0870. The molecule has 0 fully saturated rings. The van der Waals surface area contributed by atoms with E-state index in [4.69, 9.17) is 0 Å². The van der Waals surface area contributed by atoms with Crippen LogP contribution in [0.25, 0.3) is 0 Å². The lowest BCUT2D eigenvalue weighted by atomic mass is 10.1. The van der Waals surface area contributed by atoms with Gasteiger partial charge in [-0.05, 0) is 42.0 Å². The molecule has 6 nitrogen and oxygen atoms in total. The Hall–Kier alpha value is -4.07. The summed E-state index contributed by atoms with van der Waals surface area (Å²) in [6.07, 6.45) is 0. The normalized spacial score (nSPS) is 12.8. The number of anilines is 1. The number of benzene rings is 3. The van der Waals surface area contributed by atoms with E-state index in [1.165, 1.54) is 18.2 Å². The maximum absolute atomic E-state index is 12.6. The molecule has 3 amide bonds. The number of fused-ring (bicyclic) bond motifs is 1. The van der Waals surface area contributed by atoms with Gasteiger partial charge in [-0.2, -0.15) is 8.78 Å². The molecule has 0 spiro atoms. The Morgan fingerprint density at radius 3 is 2.26 bits per heavy atom. The number of rotatable bonds is 6. The first-order chi connectivity index (χ1) is 14.9. The number of carbonyl (C=O) groups is 3. The van der Waals surface area contributed by atoms with Gasteiger partial charge < -0.3 is 10.1 Å². The van der Waals surface area contributed by atoms with E-state index in [1.54, 1.807) is 54.6 Å². The Labute approximate surface area is 176 Å². The van der Waals surface area contributed by atoms with Crippen LogP contribution in [0.1, 0.15) is 36.6 Å². The van der Waals surface area contributed by atoms with Gasteiger partial charge in [-0.1, -0.05) is 30.3 Å². The Morgan fingerprint density at radius 2 is 1.58 bits per heavy atom. The summed E-state index contributed by atoms with van der Waals surface area (Å²) in [6, 6.07) is 18.7. The lowest BCUT2D eigenvalue weighted by molar-refractivity contribution is -0.0498. The highest BCUT2D eigenvalue weighted by atomic mass is 19.3. The van der Waals surface area contributed by atoms with Crippen LogP contribution in [0.5, 0.6) is 5.75 Å². The minimum absolute atomic E-state index is 0.0190. The molecule has 8 heteroatoms. The van der Waals surface area contributed by atoms with Crippen molar-refractivity contribution in [1.82, 2.24) is 4.90 Å². The fourth-order valence-corrected chi connectivity index (χ4v) is 3.33. The molecular weight excluding hydrogens is 406 g/mol. The number of carbonyl (C=O) groups excluding carboxylic acids is 3. The van der Waals surface area contributed by atoms with Crippen molar-refractivity contribution in [3.63, 3.8) is 0 Å². The van der Waals surface area contributed by atoms with E-state index < -0.39 is 12.5 Å². The maximum atomic E-state index is 12.6. The Kier molecular flexibility index (Phi) is 5.44. The molecule has 0 bridgehead atoms. The standard InChI is InChI=1S/C23H16F2N2O4/c24-23(25)31-17-8-4-7-16(12-17)26-20(28)15-6-3-5-14(11-15)13-27-21(29)18-9-1-2-10-19(18)22(27)30/h1-12,23H,13H2,(H,26,28). The van der Waals surface area contributed by atoms with Crippen LogP contribution in [0.15, 0.2) is 72.8 Å². The van der Waals surface area contributed by atoms with Gasteiger partial charge >= 0.3 is 6.61 Å². The largest absolute Gasteiger partial charge is 0.435 e. The van der Waals surface area contributed by atoms with E-state index in [1.807, 2.05) is 0 Å². The topological polar surface area (TPSA) is 75.7 Å². The average molecular weight is 422 g/mol. The first-order valence-electron chi connectivity index (χ1n) is 9.33. The molecule has 1 aliphatic heterocycles. The zero-order chi connectivity index (χ0) is 22.0. The van der Waals surface area contributed by atoms with Gasteiger partial charge in [-0.25, -0.2) is 0 Å². The predicted molar refractivity (Wildman–Crippen MR) is 108 cm³/mol. The number of hydrogen-bond acceptors (Lipinski definition) is 4. The van der Waals surface area contributed by atoms with Gasteiger partial charge in [-0.15, -0.1) is 0 Å². The SMILES string of the molecule is O=C(Nc1cccc(OC(F)F)c1)c1cccc(CN2C(=O)c3ccccc3C2=O)c1. The number of alkyl halides is 2. The smallest absolute Gasteiger partial charge is 0.387 e. The summed E-state index contributed by atoms with van der Waals surface area (Å²) in [5, 5.41) is 2.61. The number of nitrogens with one attached hydrogen (secondary N) is 1. The van der Waals surface area contributed by atoms with E-state index in [2.05, 4.69) is 10.1 Å². The van der Waals surface area contributed by atoms with Crippen LogP contribution in [0.4, 0.5) is 14.5 Å². The van der Waals surface area contributed by atoms with Crippen molar-refractivity contribution in [3.05, 3.63) is 95.1 Å². The van der Waals surface area contributed by atoms with Crippen molar-refractivity contribution >= 4 is 23.4 Å². The van der Waals surface area contributed by atoms with E-state index in [-0.39, 0.29) is 35.4 Å². The molecule has 4 rings (SSSR count). The third kappa shape index (κ3) is 4.28. The molecule has 0 aliphatic carbocycles. The summed E-state index contributed by atoms with van der Waals surface area (Å²) in [4.78, 5) is 38.8. The van der Waals surface area contributed by atoms with E-state index >= 15 is 0 Å². The molecule has 3 aromatic rings. The van der Waals surface area contributed by atoms with Crippen LogP contribution in [0, 0.1) is 0 Å². The highest BCUT2D eigenvalue weighted by molar-refractivity contribution is 6.21. The van der Waals surface area contributed by atoms with Gasteiger partial charge in [0, 0.05) is 17.3 Å². The quantitative estimate of drug-likeness (QED) is 0.600. The van der Waals surface area contributed by atoms with Gasteiger partial charge in [0.25, 0.3) is 17.7 Å². The molecule has 0 saturated heterocycles. The summed E-state index contributed by atoms with van der Waals surface area (Å²) < 4.78 is 29.1. The van der Waals surface area contributed by atoms with Crippen LogP contribution < -0.4 is 10.1 Å². The lowest BCUT2D eigenvalue weighted by Crippen LogP contribution is -2.29. The lowest BCUT2D eigenvalue weighted by Gasteiger charge is -2.14. The summed E-state index contributed by atoms with van der Waals surface area (Å²) in [5.74, 6) is -1.32. The molecule has 31 heavy (non-hydrogen) atoms. The van der Waals surface area contributed by atoms with Crippen molar-refractivity contribution in [2.75, 3.05) is 5.32 Å². The molecule has 1 N–H and O–H groups in total. The second kappa shape index (κ2) is 8.35. The second-order valence-corrected chi connectivity index (χ2v) is 6.80. The van der Waals surface area contributed by atoms with Crippen molar-refractivity contribution in [1.29, 1.82) is 0 Å². The molecule has 0 aromatic heterocycles. The third-order valence-electron chi connectivity index (χ3n) is 4.73. The van der Waals surface area contributed by atoms with E-state index in [0.29, 0.717) is 16.7 Å². The summed E-state index contributed by atoms with van der Waals surface area (Å²) in [6.45, 7) is -2.95. The van der Waals surface area contributed by atoms with Crippen molar-refractivity contribution in [3.8, 4) is 5.75 Å². The average Bonchev–Trinajstić information content (AvgIpc) is 2.99. The molecule has 0 radical (unpaired) electrons. The Balaban J connectivity index is 1.48. The monoisotopic (exact) mass is 422 g/mol. The fourth-order valence-electron chi connectivity index (χ4n) is 3.33. The van der Waals surface area contributed by atoms with Gasteiger partial charge in [0.15, 0.2) is 0 Å². The highest BCUT2D eigenvalue weighted by Crippen LogP contribution is 2.25. The number of halogens is 2. The van der Waals surface area contributed by atoms with Crippen molar-refractivity contribution < 1.29 is 27.9 Å². The van der Waals surface area contributed by atoms with Crippen LogP contribution >= 0.6 is 0 Å². The van der Waals surface area contributed by atoms with Crippen LogP contribution in [-0.2, 0) is 6.54 Å². The van der Waals surface area contributed by atoms with Gasteiger partial charge in [0.05, 0.1) is 17.7 Å². The molecule has 1 heterocycles. The summed E-state index contributed by atoms with van der Waals surface area (Å²) in [7, 11) is 0. The van der Waals surface area contributed by atoms with Crippen LogP contribution in [0.2, 0.25) is 0 Å². The number of hydrogen-bond donors (Lipinski definition) is 1. The molecule has 0 atom stereocenters.